The summed E-state index contributed by atoms with van der Waals surface area (Å²) in [4.78, 5) is 11.8. The van der Waals surface area contributed by atoms with E-state index >= 15 is 0 Å². The summed E-state index contributed by atoms with van der Waals surface area (Å²) in [6.45, 7) is 6.82. The number of ketones is 1. The average Bonchev–Trinajstić information content (AvgIpc) is 2.70. The van der Waals surface area contributed by atoms with Crippen LogP contribution in [0.2, 0.25) is 0 Å². The number of fused-ring (bicyclic) bond motifs is 5. The smallest absolute Gasteiger partial charge is 0.155 e. The summed E-state index contributed by atoms with van der Waals surface area (Å²) in [6, 6.07) is 0. The fraction of sp³-hybridized carbons (Fsp3) is 0.850. The molecule has 22 heavy (non-hydrogen) atoms. The molecule has 0 aliphatic heterocycles. The van der Waals surface area contributed by atoms with Crippen LogP contribution in [0.3, 0.4) is 0 Å². The molecule has 0 bridgehead atoms. The van der Waals surface area contributed by atoms with Gasteiger partial charge in [0.15, 0.2) is 5.78 Å². The third-order valence-electron chi connectivity index (χ3n) is 8.60. The van der Waals surface area contributed by atoms with E-state index in [-0.39, 0.29) is 10.8 Å². The molecule has 0 aromatic rings. The molecular formula is C20H30O2. The van der Waals surface area contributed by atoms with Crippen molar-refractivity contribution in [3.8, 4) is 0 Å². The first-order chi connectivity index (χ1) is 10.3. The Morgan fingerprint density at radius 1 is 1.05 bits per heavy atom. The highest BCUT2D eigenvalue weighted by molar-refractivity contribution is 5.91. The number of carbonyl (C=O) groups is 1. The van der Waals surface area contributed by atoms with Crippen LogP contribution in [0, 0.1) is 34.5 Å². The zero-order chi connectivity index (χ0) is 15.8. The van der Waals surface area contributed by atoms with Gasteiger partial charge in [-0.2, -0.15) is 0 Å². The fourth-order valence-corrected chi connectivity index (χ4v) is 6.88. The molecule has 0 heterocycles. The molecule has 0 saturated heterocycles. The van der Waals surface area contributed by atoms with Crippen molar-refractivity contribution in [1.82, 2.24) is 0 Å². The van der Waals surface area contributed by atoms with Gasteiger partial charge in [0.2, 0.25) is 0 Å². The topological polar surface area (TPSA) is 37.3 Å². The van der Waals surface area contributed by atoms with Crippen molar-refractivity contribution in [3.63, 3.8) is 0 Å². The quantitative estimate of drug-likeness (QED) is 0.730. The van der Waals surface area contributed by atoms with Crippen LogP contribution in [-0.4, -0.2) is 16.5 Å². The maximum Gasteiger partial charge on any atom is 0.155 e. The van der Waals surface area contributed by atoms with Crippen LogP contribution in [-0.2, 0) is 4.79 Å². The van der Waals surface area contributed by atoms with Gasteiger partial charge in [-0.1, -0.05) is 19.9 Å². The molecule has 0 aromatic heterocycles. The number of allylic oxidation sites excluding steroid dienone is 2. The normalized spacial score (nSPS) is 57.2. The van der Waals surface area contributed by atoms with E-state index in [1.54, 1.807) is 0 Å². The minimum atomic E-state index is -0.487. The second kappa shape index (κ2) is 4.47. The van der Waals surface area contributed by atoms with E-state index in [4.69, 9.17) is 0 Å². The standard InChI is InChI=1S/C20H30O2/c1-18-9-6-14(21)12-13(18)4-5-15-16(18)7-10-19(2)17(15)8-11-20(19,3)22/h6,9,13,15-17,22H,4-5,7-8,10-12H2,1-3H3/t13-,15+,16+,17-,18-,19+,20-/m0/s1. The lowest BCUT2D eigenvalue weighted by Crippen LogP contribution is -2.55. The van der Waals surface area contributed by atoms with Crippen LogP contribution in [0.15, 0.2) is 12.2 Å². The number of rotatable bonds is 0. The highest BCUT2D eigenvalue weighted by Crippen LogP contribution is 2.67. The zero-order valence-corrected chi connectivity index (χ0v) is 14.3. The number of hydrogen-bond donors (Lipinski definition) is 1. The molecular weight excluding hydrogens is 272 g/mol. The van der Waals surface area contributed by atoms with E-state index in [9.17, 15) is 9.90 Å². The SMILES string of the molecule is C[C@]12C=CC(=O)C[C@@H]1CC[C@@H]1[C@H]2CC[C@]2(C)[C@H]1CC[C@]2(C)O. The molecule has 0 aromatic carbocycles. The van der Waals surface area contributed by atoms with E-state index in [1.807, 2.05) is 6.08 Å². The van der Waals surface area contributed by atoms with E-state index < -0.39 is 5.60 Å². The Balaban J connectivity index is 1.69. The van der Waals surface area contributed by atoms with Crippen molar-refractivity contribution < 1.29 is 9.90 Å². The van der Waals surface area contributed by atoms with Gasteiger partial charge in [0.1, 0.15) is 0 Å². The van der Waals surface area contributed by atoms with Gasteiger partial charge < -0.3 is 5.11 Å². The Morgan fingerprint density at radius 2 is 1.77 bits per heavy atom. The molecule has 0 unspecified atom stereocenters. The predicted molar refractivity (Wildman–Crippen MR) is 87.3 cm³/mol. The fourth-order valence-electron chi connectivity index (χ4n) is 6.88. The Kier molecular flexibility index (Phi) is 3.03. The summed E-state index contributed by atoms with van der Waals surface area (Å²) in [5.41, 5.74) is -0.170. The van der Waals surface area contributed by atoms with Gasteiger partial charge in [-0.05, 0) is 86.0 Å². The summed E-state index contributed by atoms with van der Waals surface area (Å²) in [5.74, 6) is 3.00. The highest BCUT2D eigenvalue weighted by atomic mass is 16.3. The molecule has 3 saturated carbocycles. The van der Waals surface area contributed by atoms with Gasteiger partial charge >= 0.3 is 0 Å². The van der Waals surface area contributed by atoms with Gasteiger partial charge in [-0.3, -0.25) is 4.79 Å². The van der Waals surface area contributed by atoms with Crippen molar-refractivity contribution in [3.05, 3.63) is 12.2 Å². The van der Waals surface area contributed by atoms with Gasteiger partial charge in [-0.15, -0.1) is 0 Å². The molecule has 122 valence electrons. The van der Waals surface area contributed by atoms with Crippen LogP contribution < -0.4 is 0 Å². The molecule has 3 fully saturated rings. The molecule has 1 N–H and O–H groups in total. The Bertz CT molecular complexity index is 534. The monoisotopic (exact) mass is 302 g/mol. The van der Waals surface area contributed by atoms with Crippen molar-refractivity contribution in [2.45, 2.75) is 71.3 Å². The van der Waals surface area contributed by atoms with Crippen LogP contribution in [0.25, 0.3) is 0 Å². The molecule has 2 heteroatoms. The van der Waals surface area contributed by atoms with E-state index in [0.29, 0.717) is 23.5 Å². The highest BCUT2D eigenvalue weighted by Gasteiger charge is 2.62. The third kappa shape index (κ3) is 1.74. The minimum absolute atomic E-state index is 0.103. The van der Waals surface area contributed by atoms with E-state index in [1.165, 1.54) is 25.7 Å². The molecule has 0 spiro atoms. The first-order valence-corrected chi connectivity index (χ1v) is 9.22. The van der Waals surface area contributed by atoms with Gasteiger partial charge in [0.25, 0.3) is 0 Å². The summed E-state index contributed by atoms with van der Waals surface area (Å²) < 4.78 is 0. The number of aliphatic hydroxyl groups is 1. The lowest BCUT2D eigenvalue weighted by atomic mass is 9.45. The van der Waals surface area contributed by atoms with E-state index in [0.717, 1.165) is 25.2 Å². The Morgan fingerprint density at radius 3 is 2.55 bits per heavy atom. The second-order valence-corrected chi connectivity index (χ2v) is 9.29. The third-order valence-corrected chi connectivity index (χ3v) is 8.60. The van der Waals surface area contributed by atoms with Gasteiger partial charge in [0.05, 0.1) is 5.60 Å². The largest absolute Gasteiger partial charge is 0.390 e. The second-order valence-electron chi connectivity index (χ2n) is 9.29. The van der Waals surface area contributed by atoms with Crippen LogP contribution in [0.5, 0.6) is 0 Å². The minimum Gasteiger partial charge on any atom is -0.390 e. The average molecular weight is 302 g/mol. The number of hydrogen-bond acceptors (Lipinski definition) is 2. The Hall–Kier alpha value is -0.630. The van der Waals surface area contributed by atoms with Crippen LogP contribution in [0.4, 0.5) is 0 Å². The van der Waals surface area contributed by atoms with Crippen molar-refractivity contribution in [2.75, 3.05) is 0 Å². The van der Waals surface area contributed by atoms with Crippen molar-refractivity contribution in [2.24, 2.45) is 34.5 Å². The molecule has 4 aliphatic rings. The van der Waals surface area contributed by atoms with Gasteiger partial charge in [-0.25, -0.2) is 0 Å². The lowest BCUT2D eigenvalue weighted by molar-refractivity contribution is -0.135. The number of carbonyl (C=O) groups excluding carboxylic acids is 1. The van der Waals surface area contributed by atoms with E-state index in [2.05, 4.69) is 26.8 Å². The first kappa shape index (κ1) is 14.9. The molecule has 0 radical (unpaired) electrons. The van der Waals surface area contributed by atoms with Crippen molar-refractivity contribution in [1.29, 1.82) is 0 Å². The van der Waals surface area contributed by atoms with Gasteiger partial charge in [0, 0.05) is 6.42 Å². The molecule has 2 nitrogen and oxygen atoms in total. The van der Waals surface area contributed by atoms with Crippen LogP contribution in [0.1, 0.15) is 65.7 Å². The zero-order valence-electron chi connectivity index (χ0n) is 14.3. The first-order valence-electron chi connectivity index (χ1n) is 9.22. The Labute approximate surface area is 134 Å². The summed E-state index contributed by atoms with van der Waals surface area (Å²) in [5, 5.41) is 10.9. The lowest BCUT2D eigenvalue weighted by Gasteiger charge is -2.59. The maximum atomic E-state index is 11.8. The molecule has 0 amide bonds. The summed E-state index contributed by atoms with van der Waals surface area (Å²) >= 11 is 0. The summed E-state index contributed by atoms with van der Waals surface area (Å²) in [6.07, 6.45) is 11.9. The molecule has 4 rings (SSSR count). The molecule has 4 aliphatic carbocycles. The molecule has 7 atom stereocenters. The summed E-state index contributed by atoms with van der Waals surface area (Å²) in [7, 11) is 0. The van der Waals surface area contributed by atoms with Crippen molar-refractivity contribution >= 4 is 5.78 Å². The van der Waals surface area contributed by atoms with Crippen LogP contribution >= 0.6 is 0 Å². The maximum absolute atomic E-state index is 11.8. The predicted octanol–water partition coefficient (Wildman–Crippen LogP) is 4.13.